The second-order valence-electron chi connectivity index (χ2n) is 13.3. The Labute approximate surface area is 274 Å². The fourth-order valence-electron chi connectivity index (χ4n) is 8.19. The molecule has 3 heterocycles. The van der Waals surface area contributed by atoms with Crippen LogP contribution in [0.15, 0.2) is 49.6 Å². The Hall–Kier alpha value is -2.78. The number of hydrogen-bond donors (Lipinski definition) is 1. The number of thioether (sulfide) groups is 1. The van der Waals surface area contributed by atoms with E-state index in [0.717, 1.165) is 37.3 Å². The van der Waals surface area contributed by atoms with Gasteiger partial charge in [-0.2, -0.15) is 0 Å². The van der Waals surface area contributed by atoms with E-state index in [0.29, 0.717) is 19.5 Å². The molecule has 2 bridgehead atoms. The average molecular weight is 639 g/mol. The van der Waals surface area contributed by atoms with Crippen molar-refractivity contribution in [2.24, 2.45) is 23.7 Å². The first-order valence-corrected chi connectivity index (χ1v) is 17.7. The molecule has 1 N–H and O–H groups in total. The van der Waals surface area contributed by atoms with E-state index < -0.39 is 28.7 Å². The highest BCUT2D eigenvalue weighted by molar-refractivity contribution is 8.02. The lowest BCUT2D eigenvalue weighted by Gasteiger charge is -2.42. The molecule has 0 aromatic heterocycles. The SMILES string of the molecule is C=CCN(CCC)C(=O)[C@@H]1[C@H]2C(=O)N([C@@H](CO)CC(C)C)C(C(=O)N(CC=C)c3ccc(N(CC)CC)cc3)C23S[C@@H]1CC3C. The van der Waals surface area contributed by atoms with Crippen LogP contribution in [-0.2, 0) is 14.4 Å². The summed E-state index contributed by atoms with van der Waals surface area (Å²) in [5.41, 5.74) is 1.82. The van der Waals surface area contributed by atoms with E-state index in [9.17, 15) is 14.7 Å². The van der Waals surface area contributed by atoms with Crippen molar-refractivity contribution in [2.45, 2.75) is 82.9 Å². The Morgan fingerprint density at radius 3 is 2.22 bits per heavy atom. The minimum Gasteiger partial charge on any atom is -0.394 e. The molecular weight excluding hydrogens is 584 g/mol. The molecule has 7 atom stereocenters. The molecule has 3 aliphatic rings. The molecule has 4 rings (SSSR count). The van der Waals surface area contributed by atoms with Crippen LogP contribution in [0.2, 0.25) is 0 Å². The van der Waals surface area contributed by atoms with Crippen molar-refractivity contribution in [3.05, 3.63) is 49.6 Å². The van der Waals surface area contributed by atoms with Gasteiger partial charge < -0.3 is 24.7 Å². The summed E-state index contributed by atoms with van der Waals surface area (Å²) in [5, 5.41) is 10.7. The molecule has 3 amide bonds. The lowest BCUT2D eigenvalue weighted by Crippen LogP contribution is -2.59. The van der Waals surface area contributed by atoms with Crippen LogP contribution >= 0.6 is 11.8 Å². The summed E-state index contributed by atoms with van der Waals surface area (Å²) >= 11 is 1.68. The maximum atomic E-state index is 15.1. The van der Waals surface area contributed by atoms with Crippen molar-refractivity contribution in [2.75, 3.05) is 49.1 Å². The lowest BCUT2D eigenvalue weighted by molar-refractivity contribution is -0.145. The molecule has 8 nitrogen and oxygen atoms in total. The highest BCUT2D eigenvalue weighted by Gasteiger charge is 2.77. The second kappa shape index (κ2) is 14.8. The van der Waals surface area contributed by atoms with E-state index in [1.807, 2.05) is 36.1 Å². The van der Waals surface area contributed by atoms with Crippen LogP contribution in [0.5, 0.6) is 0 Å². The van der Waals surface area contributed by atoms with Crippen LogP contribution in [0, 0.1) is 23.7 Å². The number of aliphatic hydroxyl groups excluding tert-OH is 1. The topological polar surface area (TPSA) is 84.4 Å². The number of carbonyl (C=O) groups excluding carboxylic acids is 3. The van der Waals surface area contributed by atoms with Crippen LogP contribution in [0.4, 0.5) is 11.4 Å². The first-order valence-electron chi connectivity index (χ1n) is 16.8. The van der Waals surface area contributed by atoms with Gasteiger partial charge in [0.1, 0.15) is 6.04 Å². The molecule has 3 fully saturated rings. The standard InChI is InChI=1S/C36H54N4O4S/c1-9-18-38(19-10-2)33(42)30-29-22-25(8)36(45-29)31(30)34(43)40(28(23-41)21-24(6)7)32(36)35(44)39(20-11-3)27-16-14-26(15-17-27)37(12-4)13-5/h9,11,14-17,24-25,28-32,41H,1,3,10,12-13,18-23H2,2,4-8H3/t25?,28-,29-,30+,31+,32?,36?/m1/s1. The fraction of sp³-hybridized carbons (Fsp3) is 0.639. The van der Waals surface area contributed by atoms with E-state index in [1.165, 1.54) is 0 Å². The summed E-state index contributed by atoms with van der Waals surface area (Å²) in [7, 11) is 0. The van der Waals surface area contributed by atoms with E-state index in [1.54, 1.807) is 33.7 Å². The van der Waals surface area contributed by atoms with Gasteiger partial charge in [0.15, 0.2) is 0 Å². The normalized spacial score (nSPS) is 27.4. The number of rotatable bonds is 16. The first-order chi connectivity index (χ1) is 21.6. The van der Waals surface area contributed by atoms with Crippen LogP contribution < -0.4 is 9.80 Å². The first kappa shape index (κ1) is 35.1. The number of likely N-dealkylation sites (tertiary alicyclic amines) is 1. The number of benzene rings is 1. The molecule has 1 aromatic rings. The Morgan fingerprint density at radius 2 is 1.69 bits per heavy atom. The van der Waals surface area contributed by atoms with E-state index in [4.69, 9.17) is 0 Å². The van der Waals surface area contributed by atoms with Crippen molar-refractivity contribution in [3.63, 3.8) is 0 Å². The fourth-order valence-corrected chi connectivity index (χ4v) is 10.6. The maximum Gasteiger partial charge on any atom is 0.251 e. The van der Waals surface area contributed by atoms with Crippen LogP contribution in [0.25, 0.3) is 0 Å². The van der Waals surface area contributed by atoms with Crippen LogP contribution in [-0.4, -0.2) is 94.0 Å². The number of aliphatic hydroxyl groups is 1. The Balaban J connectivity index is 1.83. The summed E-state index contributed by atoms with van der Waals surface area (Å²) in [5.74, 6) is -1.26. The number of anilines is 2. The molecule has 45 heavy (non-hydrogen) atoms. The summed E-state index contributed by atoms with van der Waals surface area (Å²) in [4.78, 5) is 51.6. The number of nitrogens with zero attached hydrogens (tertiary/aromatic N) is 4. The van der Waals surface area contributed by atoms with Gasteiger partial charge in [-0.05, 0) is 69.2 Å². The van der Waals surface area contributed by atoms with E-state index in [-0.39, 0.29) is 48.0 Å². The molecule has 1 spiro atoms. The third-order valence-corrected chi connectivity index (χ3v) is 12.1. The molecule has 3 aliphatic heterocycles. The summed E-state index contributed by atoms with van der Waals surface area (Å²) in [6, 6.07) is 6.68. The molecule has 0 radical (unpaired) electrons. The number of fused-ring (bicyclic) bond motifs is 1. The summed E-state index contributed by atoms with van der Waals surface area (Å²) < 4.78 is -0.768. The predicted octanol–water partition coefficient (Wildman–Crippen LogP) is 5.22. The number of carbonyl (C=O) groups is 3. The minimum atomic E-state index is -0.810. The zero-order valence-electron chi connectivity index (χ0n) is 28.2. The van der Waals surface area contributed by atoms with Gasteiger partial charge in [-0.15, -0.1) is 24.9 Å². The van der Waals surface area contributed by atoms with Gasteiger partial charge >= 0.3 is 0 Å². The van der Waals surface area contributed by atoms with E-state index >= 15 is 4.79 Å². The Morgan fingerprint density at radius 1 is 1.07 bits per heavy atom. The molecule has 3 unspecified atom stereocenters. The second-order valence-corrected chi connectivity index (χ2v) is 14.8. The highest BCUT2D eigenvalue weighted by Crippen LogP contribution is 2.69. The lowest BCUT2D eigenvalue weighted by atomic mass is 9.65. The van der Waals surface area contributed by atoms with Crippen molar-refractivity contribution in [1.82, 2.24) is 9.80 Å². The predicted molar refractivity (Wildman–Crippen MR) is 185 cm³/mol. The molecule has 9 heteroatoms. The Kier molecular flexibility index (Phi) is 11.5. The zero-order valence-corrected chi connectivity index (χ0v) is 29.0. The van der Waals surface area contributed by atoms with E-state index in [2.05, 4.69) is 52.7 Å². The van der Waals surface area contributed by atoms with Crippen LogP contribution in [0.1, 0.15) is 60.8 Å². The van der Waals surface area contributed by atoms with Gasteiger partial charge in [0.25, 0.3) is 5.91 Å². The largest absolute Gasteiger partial charge is 0.394 e. The average Bonchev–Trinajstić information content (AvgIpc) is 3.62. The van der Waals surface area contributed by atoms with Gasteiger partial charge in [0.2, 0.25) is 11.8 Å². The third kappa shape index (κ3) is 6.19. The Bertz CT molecular complexity index is 1230. The number of hydrogen-bond acceptors (Lipinski definition) is 6. The monoisotopic (exact) mass is 638 g/mol. The maximum absolute atomic E-state index is 15.1. The van der Waals surface area contributed by atoms with Crippen molar-refractivity contribution < 1.29 is 19.5 Å². The molecule has 1 aromatic carbocycles. The van der Waals surface area contributed by atoms with Gasteiger partial charge in [-0.25, -0.2) is 0 Å². The van der Waals surface area contributed by atoms with Gasteiger partial charge in [-0.3, -0.25) is 14.4 Å². The molecular formula is C36H54N4O4S. The molecule has 248 valence electrons. The van der Waals surface area contributed by atoms with Crippen LogP contribution in [0.3, 0.4) is 0 Å². The van der Waals surface area contributed by atoms with Gasteiger partial charge in [0, 0.05) is 49.3 Å². The van der Waals surface area contributed by atoms with Crippen molar-refractivity contribution >= 4 is 40.9 Å². The van der Waals surface area contributed by atoms with Crippen molar-refractivity contribution in [1.29, 1.82) is 0 Å². The minimum absolute atomic E-state index is 0.0197. The third-order valence-electron chi connectivity index (χ3n) is 10.1. The zero-order chi connectivity index (χ0) is 33.1. The molecule has 3 saturated heterocycles. The smallest absolute Gasteiger partial charge is 0.251 e. The summed E-state index contributed by atoms with van der Waals surface area (Å²) in [6.45, 7) is 23.2. The van der Waals surface area contributed by atoms with Crippen molar-refractivity contribution in [3.8, 4) is 0 Å². The number of amides is 3. The van der Waals surface area contributed by atoms with Gasteiger partial charge in [-0.1, -0.05) is 39.8 Å². The van der Waals surface area contributed by atoms with Gasteiger partial charge in [0.05, 0.1) is 29.2 Å². The molecule has 0 aliphatic carbocycles. The molecule has 0 saturated carbocycles. The quantitative estimate of drug-likeness (QED) is 0.250. The highest BCUT2D eigenvalue weighted by atomic mass is 32.2. The summed E-state index contributed by atoms with van der Waals surface area (Å²) in [6.07, 6.45) is 5.60.